The van der Waals surface area contributed by atoms with E-state index in [0.29, 0.717) is 23.4 Å². The van der Waals surface area contributed by atoms with Gasteiger partial charge in [0, 0.05) is 34.0 Å². The Balaban J connectivity index is 2.02. The smallest absolute Gasteiger partial charge is 0.328 e. The Morgan fingerprint density at radius 3 is 2.33 bits per heavy atom. The van der Waals surface area contributed by atoms with Gasteiger partial charge in [-0.3, -0.25) is 14.4 Å². The van der Waals surface area contributed by atoms with Crippen molar-refractivity contribution in [2.45, 2.75) is 23.5 Å². The van der Waals surface area contributed by atoms with Crippen molar-refractivity contribution in [3.63, 3.8) is 0 Å². The Hall–Kier alpha value is -3.59. The summed E-state index contributed by atoms with van der Waals surface area (Å²) in [4.78, 5) is 46.7. The third-order valence-electron chi connectivity index (χ3n) is 3.86. The van der Waals surface area contributed by atoms with Crippen LogP contribution in [0.25, 0.3) is 0 Å². The summed E-state index contributed by atoms with van der Waals surface area (Å²) in [5.74, 6) is -2.52. The van der Waals surface area contributed by atoms with E-state index in [1.54, 1.807) is 30.3 Å². The summed E-state index contributed by atoms with van der Waals surface area (Å²) in [5.41, 5.74) is 6.60. The molecule has 0 saturated heterocycles. The average molecular weight is 427 g/mol. The topological polar surface area (TPSA) is 139 Å². The van der Waals surface area contributed by atoms with E-state index in [4.69, 9.17) is 10.8 Å². The molecule has 2 aromatic rings. The summed E-state index contributed by atoms with van der Waals surface area (Å²) < 4.78 is 0. The predicted octanol–water partition coefficient (Wildman–Crippen LogP) is 2.87. The number of aliphatic carboxylic acids is 1. The fraction of sp³-hybridized carbons (Fsp3) is 0.143. The van der Waals surface area contributed by atoms with E-state index in [9.17, 15) is 19.2 Å². The van der Waals surface area contributed by atoms with Crippen molar-refractivity contribution in [2.75, 3.05) is 10.6 Å². The molecule has 8 nitrogen and oxygen atoms in total. The van der Waals surface area contributed by atoms with Crippen molar-refractivity contribution < 1.29 is 24.3 Å². The summed E-state index contributed by atoms with van der Waals surface area (Å²) in [5, 5.41) is 13.6. The Kier molecular flexibility index (Phi) is 8.18. The molecular formula is C21H21N3O5S. The lowest BCUT2D eigenvalue weighted by Gasteiger charge is -2.15. The Morgan fingerprint density at radius 1 is 1.03 bits per heavy atom. The molecule has 0 aliphatic carbocycles. The molecule has 2 rings (SSSR count). The van der Waals surface area contributed by atoms with Gasteiger partial charge in [-0.05, 0) is 48.9 Å². The third-order valence-corrected chi connectivity index (χ3v) is 5.22. The van der Waals surface area contributed by atoms with Crippen LogP contribution in [0.4, 0.5) is 11.4 Å². The van der Waals surface area contributed by atoms with Crippen molar-refractivity contribution >= 4 is 46.8 Å². The number of rotatable bonds is 9. The zero-order chi connectivity index (χ0) is 22.1. The molecule has 9 heteroatoms. The molecule has 30 heavy (non-hydrogen) atoms. The van der Waals surface area contributed by atoms with E-state index in [2.05, 4.69) is 10.6 Å². The highest BCUT2D eigenvalue weighted by atomic mass is 32.2. The first kappa shape index (κ1) is 22.7. The second-order valence-electron chi connectivity index (χ2n) is 6.13. The Labute approximate surface area is 177 Å². The first-order valence-electron chi connectivity index (χ1n) is 8.98. The van der Waals surface area contributed by atoms with Crippen LogP contribution in [-0.2, 0) is 14.4 Å². The minimum Gasteiger partial charge on any atom is -0.478 e. The van der Waals surface area contributed by atoms with Crippen LogP contribution in [0.1, 0.15) is 23.7 Å². The molecule has 1 atom stereocenters. The predicted molar refractivity (Wildman–Crippen MR) is 115 cm³/mol. The SMILES string of the molecule is CCC(Sc1cccc(NC(=O)/C=C/C(=O)O)c1)C(=O)Nc1ccc(C(N)=O)cc1. The van der Waals surface area contributed by atoms with Crippen LogP contribution in [0.15, 0.2) is 65.6 Å². The summed E-state index contributed by atoms with van der Waals surface area (Å²) in [6.45, 7) is 1.88. The molecule has 0 aliphatic rings. The highest BCUT2D eigenvalue weighted by molar-refractivity contribution is 8.00. The molecule has 1 unspecified atom stereocenters. The maximum Gasteiger partial charge on any atom is 0.328 e. The van der Waals surface area contributed by atoms with Gasteiger partial charge in [-0.25, -0.2) is 4.79 Å². The molecule has 0 heterocycles. The molecule has 0 bridgehead atoms. The number of nitrogens with two attached hydrogens (primary N) is 1. The summed E-state index contributed by atoms with van der Waals surface area (Å²) in [6.07, 6.45) is 2.24. The maximum atomic E-state index is 12.6. The van der Waals surface area contributed by atoms with Crippen LogP contribution >= 0.6 is 11.8 Å². The molecule has 0 aromatic heterocycles. The van der Waals surface area contributed by atoms with Gasteiger partial charge < -0.3 is 21.5 Å². The van der Waals surface area contributed by atoms with E-state index in [0.717, 1.165) is 17.0 Å². The highest BCUT2D eigenvalue weighted by Gasteiger charge is 2.18. The van der Waals surface area contributed by atoms with Crippen LogP contribution in [0.5, 0.6) is 0 Å². The first-order chi connectivity index (χ1) is 14.3. The number of nitrogens with one attached hydrogen (secondary N) is 2. The molecule has 0 spiro atoms. The zero-order valence-electron chi connectivity index (χ0n) is 16.1. The van der Waals surface area contributed by atoms with Gasteiger partial charge in [-0.2, -0.15) is 0 Å². The van der Waals surface area contributed by atoms with Crippen LogP contribution in [-0.4, -0.2) is 34.0 Å². The lowest BCUT2D eigenvalue weighted by Crippen LogP contribution is -2.24. The van der Waals surface area contributed by atoms with E-state index >= 15 is 0 Å². The molecular weight excluding hydrogens is 406 g/mol. The first-order valence-corrected chi connectivity index (χ1v) is 9.86. The summed E-state index contributed by atoms with van der Waals surface area (Å²) in [6, 6.07) is 13.2. The molecule has 0 fully saturated rings. The van der Waals surface area contributed by atoms with E-state index in [-0.39, 0.29) is 5.91 Å². The van der Waals surface area contributed by atoms with Crippen molar-refractivity contribution in [3.8, 4) is 0 Å². The fourth-order valence-electron chi connectivity index (χ4n) is 2.41. The number of amides is 3. The molecule has 0 aliphatic heterocycles. The van der Waals surface area contributed by atoms with Crippen LogP contribution in [0.2, 0.25) is 0 Å². The van der Waals surface area contributed by atoms with Crippen LogP contribution < -0.4 is 16.4 Å². The molecule has 3 amide bonds. The second-order valence-corrected chi connectivity index (χ2v) is 7.41. The summed E-state index contributed by atoms with van der Waals surface area (Å²) >= 11 is 1.33. The van der Waals surface area contributed by atoms with E-state index < -0.39 is 23.0 Å². The molecule has 0 saturated carbocycles. The number of anilines is 2. The molecule has 156 valence electrons. The van der Waals surface area contributed by atoms with E-state index in [1.807, 2.05) is 13.0 Å². The quantitative estimate of drug-likeness (QED) is 0.358. The van der Waals surface area contributed by atoms with Gasteiger partial charge in [0.25, 0.3) is 0 Å². The van der Waals surface area contributed by atoms with Crippen LogP contribution in [0, 0.1) is 0 Å². The van der Waals surface area contributed by atoms with Gasteiger partial charge in [-0.15, -0.1) is 11.8 Å². The second kappa shape index (κ2) is 10.8. The average Bonchev–Trinajstić information content (AvgIpc) is 2.71. The number of carboxylic acids is 1. The van der Waals surface area contributed by atoms with Gasteiger partial charge in [0.05, 0.1) is 5.25 Å². The number of benzene rings is 2. The van der Waals surface area contributed by atoms with Gasteiger partial charge in [0.2, 0.25) is 17.7 Å². The Bertz CT molecular complexity index is 973. The monoisotopic (exact) mass is 427 g/mol. The zero-order valence-corrected chi connectivity index (χ0v) is 16.9. The highest BCUT2D eigenvalue weighted by Crippen LogP contribution is 2.28. The number of thioether (sulfide) groups is 1. The fourth-order valence-corrected chi connectivity index (χ4v) is 3.42. The van der Waals surface area contributed by atoms with Gasteiger partial charge in [-0.1, -0.05) is 13.0 Å². The minimum absolute atomic E-state index is 0.201. The van der Waals surface area contributed by atoms with Crippen molar-refractivity contribution in [3.05, 3.63) is 66.2 Å². The van der Waals surface area contributed by atoms with Crippen molar-refractivity contribution in [1.29, 1.82) is 0 Å². The molecule has 2 aromatic carbocycles. The Morgan fingerprint density at radius 2 is 1.73 bits per heavy atom. The number of hydrogen-bond acceptors (Lipinski definition) is 5. The third kappa shape index (κ3) is 7.10. The normalized spacial score (nSPS) is 11.6. The van der Waals surface area contributed by atoms with E-state index in [1.165, 1.54) is 23.9 Å². The number of carboxylic acid groups (broad SMARTS) is 1. The van der Waals surface area contributed by atoms with Crippen LogP contribution in [0.3, 0.4) is 0 Å². The van der Waals surface area contributed by atoms with Gasteiger partial charge >= 0.3 is 5.97 Å². The maximum absolute atomic E-state index is 12.6. The number of primary amides is 1. The number of carbonyl (C=O) groups excluding carboxylic acids is 3. The standard InChI is InChI=1S/C21H21N3O5S/c1-2-17(21(29)24-14-8-6-13(7-9-14)20(22)28)30-16-5-3-4-15(12-16)23-18(25)10-11-19(26)27/h3-12,17H,2H2,1H3,(H2,22,28)(H,23,25)(H,24,29)(H,26,27)/b11-10+. The van der Waals surface area contributed by atoms with Gasteiger partial charge in [0.1, 0.15) is 0 Å². The lowest BCUT2D eigenvalue weighted by molar-refractivity contribution is -0.131. The number of hydrogen-bond donors (Lipinski definition) is 4. The summed E-state index contributed by atoms with van der Waals surface area (Å²) in [7, 11) is 0. The van der Waals surface area contributed by atoms with Crippen molar-refractivity contribution in [2.24, 2.45) is 5.73 Å². The van der Waals surface area contributed by atoms with Gasteiger partial charge in [0.15, 0.2) is 0 Å². The largest absolute Gasteiger partial charge is 0.478 e. The number of carbonyl (C=O) groups is 4. The lowest BCUT2D eigenvalue weighted by atomic mass is 10.2. The minimum atomic E-state index is -1.21. The molecule has 5 N–H and O–H groups in total. The van der Waals surface area contributed by atoms with Crippen molar-refractivity contribution in [1.82, 2.24) is 0 Å². The molecule has 0 radical (unpaired) electrons.